The van der Waals surface area contributed by atoms with Crippen LogP contribution in [0.5, 0.6) is 0 Å². The first-order valence-electron chi connectivity index (χ1n) is 6.87. The van der Waals surface area contributed by atoms with E-state index in [9.17, 15) is 0 Å². The van der Waals surface area contributed by atoms with Gasteiger partial charge in [-0.1, -0.05) is 27.7 Å². The van der Waals surface area contributed by atoms with Crippen LogP contribution in [0.25, 0.3) is 6.08 Å². The second-order valence-corrected chi connectivity index (χ2v) is 6.71. The van der Waals surface area contributed by atoms with E-state index in [0.717, 1.165) is 0 Å². The van der Waals surface area contributed by atoms with Crippen molar-refractivity contribution in [2.45, 2.75) is 46.0 Å². The maximum Gasteiger partial charge on any atom is 0.0343 e. The minimum Gasteiger partial charge on any atom is -0.264 e. The fourth-order valence-electron chi connectivity index (χ4n) is 2.72. The fourth-order valence-corrected chi connectivity index (χ4v) is 3.49. The van der Waals surface area contributed by atoms with E-state index in [4.69, 9.17) is 0 Å². The number of aromatic nitrogens is 1. The third-order valence-electron chi connectivity index (χ3n) is 3.74. The highest BCUT2D eigenvalue weighted by molar-refractivity contribution is 8.02. The first-order chi connectivity index (χ1) is 8.61. The first kappa shape index (κ1) is 13.7. The highest BCUT2D eigenvalue weighted by atomic mass is 32.2. The van der Waals surface area contributed by atoms with Gasteiger partial charge in [0, 0.05) is 12.4 Å². The lowest BCUT2D eigenvalue weighted by Crippen LogP contribution is -2.14. The smallest absolute Gasteiger partial charge is 0.0343 e. The summed E-state index contributed by atoms with van der Waals surface area (Å²) in [6.07, 6.45) is 7.61. The Kier molecular flexibility index (Phi) is 4.50. The maximum absolute atomic E-state index is 4.42. The lowest BCUT2D eigenvalue weighted by molar-refractivity contribution is 0.482. The van der Waals surface area contributed by atoms with Crippen molar-refractivity contribution in [3.05, 3.63) is 34.5 Å². The van der Waals surface area contributed by atoms with Crippen molar-refractivity contribution in [2.24, 2.45) is 5.92 Å². The van der Waals surface area contributed by atoms with Crippen LogP contribution in [0, 0.1) is 5.92 Å². The quantitative estimate of drug-likeness (QED) is 0.738. The van der Waals surface area contributed by atoms with Gasteiger partial charge >= 0.3 is 0 Å². The average Bonchev–Trinajstić information content (AvgIpc) is 2.28. The van der Waals surface area contributed by atoms with Crippen LogP contribution < -0.4 is 0 Å². The summed E-state index contributed by atoms with van der Waals surface area (Å²) in [6, 6.07) is 0. The summed E-state index contributed by atoms with van der Waals surface area (Å²) in [5, 5.41) is 2.22. The Labute approximate surface area is 115 Å². The summed E-state index contributed by atoms with van der Waals surface area (Å²) >= 11 is 1.92. The Morgan fingerprint density at radius 2 is 2.00 bits per heavy atom. The molecule has 0 saturated heterocycles. The van der Waals surface area contributed by atoms with Crippen molar-refractivity contribution in [2.75, 3.05) is 5.75 Å². The molecule has 0 radical (unpaired) electrons. The zero-order valence-electron chi connectivity index (χ0n) is 11.8. The van der Waals surface area contributed by atoms with Gasteiger partial charge in [-0.2, -0.15) is 0 Å². The molecule has 1 aliphatic heterocycles. The molecular weight excluding hydrogens is 238 g/mol. The van der Waals surface area contributed by atoms with Crippen molar-refractivity contribution in [3.63, 3.8) is 0 Å². The average molecular weight is 261 g/mol. The van der Waals surface area contributed by atoms with E-state index in [-0.39, 0.29) is 0 Å². The van der Waals surface area contributed by atoms with Gasteiger partial charge in [-0.25, -0.2) is 0 Å². The number of fused-ring (bicyclic) bond motifs is 1. The van der Waals surface area contributed by atoms with Gasteiger partial charge in [-0.05, 0) is 58.1 Å². The van der Waals surface area contributed by atoms with E-state index in [1.165, 1.54) is 23.3 Å². The molecule has 0 spiro atoms. The number of hydrogen-bond donors (Lipinski definition) is 0. The predicted molar refractivity (Wildman–Crippen MR) is 82.0 cm³/mol. The molecule has 0 N–H and O–H groups in total. The third-order valence-corrected chi connectivity index (χ3v) is 4.54. The SMILES string of the molecule is CC(C)c1cncc2c1C(C(C)C)CCSC=C2. The van der Waals surface area contributed by atoms with Gasteiger partial charge in [-0.3, -0.25) is 4.98 Å². The van der Waals surface area contributed by atoms with Gasteiger partial charge in [0.25, 0.3) is 0 Å². The molecule has 1 aromatic rings. The molecule has 98 valence electrons. The summed E-state index contributed by atoms with van der Waals surface area (Å²) in [5.74, 6) is 3.13. The zero-order chi connectivity index (χ0) is 13.1. The van der Waals surface area contributed by atoms with E-state index in [1.54, 1.807) is 5.56 Å². The van der Waals surface area contributed by atoms with Gasteiger partial charge < -0.3 is 0 Å². The van der Waals surface area contributed by atoms with E-state index in [1.807, 2.05) is 18.0 Å². The molecule has 0 saturated carbocycles. The van der Waals surface area contributed by atoms with Crippen molar-refractivity contribution >= 4 is 17.8 Å². The summed E-state index contributed by atoms with van der Waals surface area (Å²) in [4.78, 5) is 4.42. The number of hydrogen-bond acceptors (Lipinski definition) is 2. The number of pyridine rings is 1. The number of rotatable bonds is 2. The van der Waals surface area contributed by atoms with Crippen molar-refractivity contribution in [1.29, 1.82) is 0 Å². The molecule has 1 aliphatic rings. The topological polar surface area (TPSA) is 12.9 Å². The fraction of sp³-hybridized carbons (Fsp3) is 0.562. The monoisotopic (exact) mass is 261 g/mol. The maximum atomic E-state index is 4.42. The van der Waals surface area contributed by atoms with Crippen LogP contribution >= 0.6 is 11.8 Å². The molecule has 0 amide bonds. The summed E-state index contributed by atoms with van der Waals surface area (Å²) < 4.78 is 0. The molecular formula is C16H23NS. The minimum atomic E-state index is 0.550. The lowest BCUT2D eigenvalue weighted by atomic mass is 9.79. The molecule has 1 atom stereocenters. The number of nitrogens with zero attached hydrogens (tertiary/aromatic N) is 1. The molecule has 0 fully saturated rings. The molecule has 1 aromatic heterocycles. The van der Waals surface area contributed by atoms with Crippen molar-refractivity contribution in [3.8, 4) is 0 Å². The molecule has 2 heterocycles. The Hall–Kier alpha value is -0.760. The number of thioether (sulfide) groups is 1. The molecule has 2 heteroatoms. The van der Waals surface area contributed by atoms with Crippen LogP contribution in [-0.2, 0) is 0 Å². The van der Waals surface area contributed by atoms with E-state index in [0.29, 0.717) is 17.8 Å². The Bertz CT molecular complexity index is 435. The normalized spacial score (nSPS) is 19.8. The van der Waals surface area contributed by atoms with Crippen LogP contribution in [0.4, 0.5) is 0 Å². The molecule has 0 aromatic carbocycles. The van der Waals surface area contributed by atoms with Crippen LogP contribution in [0.2, 0.25) is 0 Å². The van der Waals surface area contributed by atoms with Crippen LogP contribution in [0.1, 0.15) is 62.6 Å². The highest BCUT2D eigenvalue weighted by Crippen LogP contribution is 2.38. The highest BCUT2D eigenvalue weighted by Gasteiger charge is 2.23. The predicted octanol–water partition coefficient (Wildman–Crippen LogP) is 5.05. The first-order valence-corrected chi connectivity index (χ1v) is 7.92. The van der Waals surface area contributed by atoms with E-state index >= 15 is 0 Å². The van der Waals surface area contributed by atoms with Gasteiger partial charge in [0.1, 0.15) is 0 Å². The third kappa shape index (κ3) is 2.80. The Balaban J connectivity index is 2.58. The second kappa shape index (κ2) is 5.92. The molecule has 1 unspecified atom stereocenters. The van der Waals surface area contributed by atoms with Crippen molar-refractivity contribution < 1.29 is 0 Å². The van der Waals surface area contributed by atoms with Crippen LogP contribution in [-0.4, -0.2) is 10.7 Å². The van der Waals surface area contributed by atoms with Crippen LogP contribution in [0.3, 0.4) is 0 Å². The van der Waals surface area contributed by atoms with E-state index < -0.39 is 0 Å². The molecule has 1 nitrogen and oxygen atoms in total. The summed E-state index contributed by atoms with van der Waals surface area (Å²) in [5.41, 5.74) is 4.31. The van der Waals surface area contributed by atoms with Gasteiger partial charge in [-0.15, -0.1) is 11.8 Å². The van der Waals surface area contributed by atoms with E-state index in [2.05, 4.69) is 50.4 Å². The Morgan fingerprint density at radius 3 is 2.67 bits per heavy atom. The van der Waals surface area contributed by atoms with Crippen molar-refractivity contribution in [1.82, 2.24) is 4.98 Å². The zero-order valence-corrected chi connectivity index (χ0v) is 12.6. The molecule has 0 aliphatic carbocycles. The standard InChI is InChI=1S/C16H23NS/c1-11(2)14-6-8-18-7-5-13-9-17-10-15(12(3)4)16(13)14/h5,7,9-12,14H,6,8H2,1-4H3. The van der Waals surface area contributed by atoms with Gasteiger partial charge in [0.05, 0.1) is 0 Å². The molecule has 0 bridgehead atoms. The Morgan fingerprint density at radius 1 is 1.22 bits per heavy atom. The molecule has 18 heavy (non-hydrogen) atoms. The largest absolute Gasteiger partial charge is 0.264 e. The van der Waals surface area contributed by atoms with Gasteiger partial charge in [0.15, 0.2) is 0 Å². The second-order valence-electron chi connectivity index (χ2n) is 5.70. The van der Waals surface area contributed by atoms with Gasteiger partial charge in [0.2, 0.25) is 0 Å². The lowest BCUT2D eigenvalue weighted by Gasteiger charge is -2.28. The van der Waals surface area contributed by atoms with Crippen LogP contribution in [0.15, 0.2) is 17.8 Å². The summed E-state index contributed by atoms with van der Waals surface area (Å²) in [7, 11) is 0. The summed E-state index contributed by atoms with van der Waals surface area (Å²) in [6.45, 7) is 9.22. The minimum absolute atomic E-state index is 0.550. The molecule has 2 rings (SSSR count).